The predicted molar refractivity (Wildman–Crippen MR) is 86.0 cm³/mol. The van der Waals surface area contributed by atoms with E-state index in [1.54, 1.807) is 0 Å². The molecule has 0 bridgehead atoms. The molecule has 0 atom stereocenters. The molecule has 0 radical (unpaired) electrons. The molecular weight excluding hydrogens is 236 g/mol. The van der Waals surface area contributed by atoms with Gasteiger partial charge in [0.2, 0.25) is 0 Å². The lowest BCUT2D eigenvalue weighted by Crippen LogP contribution is -2.33. The van der Waals surface area contributed by atoms with E-state index in [0.717, 1.165) is 0 Å². The number of hydrogen-bond donors (Lipinski definition) is 0. The lowest BCUT2D eigenvalue weighted by Gasteiger charge is -2.22. The largest absolute Gasteiger partial charge is 0.309 e. The second kappa shape index (κ2) is 11.6. The summed E-state index contributed by atoms with van der Waals surface area (Å²) in [5.74, 6) is 0. The number of rotatable bonds is 12. The van der Waals surface area contributed by atoms with Crippen LogP contribution in [0.25, 0.3) is 0 Å². The molecule has 0 aliphatic carbocycles. The third-order valence-electron chi connectivity index (χ3n) is 3.40. The standard InChI is InChI=1S/C15H36N4/c1-16(2)10-7-8-12-18(5)14-15-19(6)13-9-11-17(3)4/h7-15H2,1-6H3. The molecular formula is C15H36N4. The van der Waals surface area contributed by atoms with Crippen molar-refractivity contribution < 1.29 is 0 Å². The molecule has 0 aliphatic heterocycles. The fraction of sp³-hybridized carbons (Fsp3) is 1.00. The Labute approximate surface area is 121 Å². The number of nitrogens with zero attached hydrogens (tertiary/aromatic N) is 4. The fourth-order valence-corrected chi connectivity index (χ4v) is 2.03. The molecule has 116 valence electrons. The van der Waals surface area contributed by atoms with Gasteiger partial charge >= 0.3 is 0 Å². The minimum atomic E-state index is 1.18. The minimum Gasteiger partial charge on any atom is -0.309 e. The summed E-state index contributed by atoms with van der Waals surface area (Å²) in [6.45, 7) is 7.17. The molecule has 0 N–H and O–H groups in total. The first kappa shape index (κ1) is 18.8. The van der Waals surface area contributed by atoms with Crippen LogP contribution >= 0.6 is 0 Å². The topological polar surface area (TPSA) is 13.0 Å². The number of unbranched alkanes of at least 4 members (excludes halogenated alkanes) is 1. The van der Waals surface area contributed by atoms with Crippen molar-refractivity contribution in [2.75, 3.05) is 81.6 Å². The quantitative estimate of drug-likeness (QED) is 0.494. The maximum atomic E-state index is 2.46. The molecule has 19 heavy (non-hydrogen) atoms. The van der Waals surface area contributed by atoms with Crippen molar-refractivity contribution in [2.45, 2.75) is 19.3 Å². The molecule has 0 fully saturated rings. The predicted octanol–water partition coefficient (Wildman–Crippen LogP) is 1.14. The average Bonchev–Trinajstić information content (AvgIpc) is 2.31. The highest BCUT2D eigenvalue weighted by Crippen LogP contribution is 1.95. The smallest absolute Gasteiger partial charge is 0.0106 e. The molecule has 0 saturated heterocycles. The fourth-order valence-electron chi connectivity index (χ4n) is 2.03. The Balaban J connectivity index is 3.42. The van der Waals surface area contributed by atoms with Gasteiger partial charge in [-0.1, -0.05) is 0 Å². The molecule has 0 aromatic carbocycles. The van der Waals surface area contributed by atoms with Gasteiger partial charge < -0.3 is 19.6 Å². The monoisotopic (exact) mass is 272 g/mol. The summed E-state index contributed by atoms with van der Waals surface area (Å²) in [7, 11) is 13.0. The molecule has 0 unspecified atom stereocenters. The highest BCUT2D eigenvalue weighted by Gasteiger charge is 2.02. The Morgan fingerprint density at radius 3 is 1.26 bits per heavy atom. The third-order valence-corrected chi connectivity index (χ3v) is 3.40. The molecule has 0 heterocycles. The molecule has 0 aromatic rings. The van der Waals surface area contributed by atoms with E-state index in [1.165, 1.54) is 58.5 Å². The lowest BCUT2D eigenvalue weighted by molar-refractivity contribution is 0.242. The molecule has 0 aromatic heterocycles. The van der Waals surface area contributed by atoms with E-state index in [9.17, 15) is 0 Å². The average molecular weight is 272 g/mol. The molecule has 0 aliphatic rings. The van der Waals surface area contributed by atoms with Crippen LogP contribution in [0.3, 0.4) is 0 Å². The van der Waals surface area contributed by atoms with Crippen molar-refractivity contribution in [3.63, 3.8) is 0 Å². The summed E-state index contributed by atoms with van der Waals surface area (Å²) in [6.07, 6.45) is 3.87. The Morgan fingerprint density at radius 1 is 0.421 bits per heavy atom. The van der Waals surface area contributed by atoms with E-state index in [2.05, 4.69) is 61.9 Å². The van der Waals surface area contributed by atoms with Gasteiger partial charge in [-0.25, -0.2) is 0 Å². The zero-order chi connectivity index (χ0) is 14.7. The summed E-state index contributed by atoms with van der Waals surface area (Å²) >= 11 is 0. The van der Waals surface area contributed by atoms with E-state index in [-0.39, 0.29) is 0 Å². The molecule has 0 spiro atoms. The van der Waals surface area contributed by atoms with Gasteiger partial charge in [-0.05, 0) is 87.7 Å². The Morgan fingerprint density at radius 2 is 0.789 bits per heavy atom. The maximum Gasteiger partial charge on any atom is 0.0106 e. The van der Waals surface area contributed by atoms with Gasteiger partial charge in [-0.3, -0.25) is 0 Å². The highest BCUT2D eigenvalue weighted by atomic mass is 15.2. The van der Waals surface area contributed by atoms with Crippen molar-refractivity contribution in [3.8, 4) is 0 Å². The molecule has 4 nitrogen and oxygen atoms in total. The van der Waals surface area contributed by atoms with E-state index in [0.29, 0.717) is 0 Å². The van der Waals surface area contributed by atoms with E-state index in [1.807, 2.05) is 0 Å². The normalized spacial score (nSPS) is 12.3. The Bertz CT molecular complexity index is 195. The second-order valence-electron chi connectivity index (χ2n) is 6.27. The van der Waals surface area contributed by atoms with Crippen LogP contribution in [0.2, 0.25) is 0 Å². The van der Waals surface area contributed by atoms with Crippen molar-refractivity contribution in [2.24, 2.45) is 0 Å². The third kappa shape index (κ3) is 14.1. The molecule has 4 heteroatoms. The van der Waals surface area contributed by atoms with Crippen LogP contribution in [-0.2, 0) is 0 Å². The number of hydrogen-bond acceptors (Lipinski definition) is 4. The van der Waals surface area contributed by atoms with Crippen LogP contribution in [-0.4, -0.2) is 101 Å². The Hall–Kier alpha value is -0.160. The SMILES string of the molecule is CN(C)CCCCN(C)CCN(C)CCCN(C)C. The maximum absolute atomic E-state index is 2.46. The summed E-state index contributed by atoms with van der Waals surface area (Å²) in [5, 5.41) is 0. The van der Waals surface area contributed by atoms with Crippen LogP contribution in [0.15, 0.2) is 0 Å². The van der Waals surface area contributed by atoms with Gasteiger partial charge in [0, 0.05) is 13.1 Å². The number of likely N-dealkylation sites (N-methyl/N-ethyl adjacent to an activating group) is 2. The summed E-state index contributed by atoms with van der Waals surface area (Å²) < 4.78 is 0. The van der Waals surface area contributed by atoms with Crippen molar-refractivity contribution >= 4 is 0 Å². The van der Waals surface area contributed by atoms with Gasteiger partial charge in [-0.15, -0.1) is 0 Å². The first-order valence-corrected chi connectivity index (χ1v) is 7.58. The van der Waals surface area contributed by atoms with Gasteiger partial charge in [0.15, 0.2) is 0 Å². The van der Waals surface area contributed by atoms with Crippen molar-refractivity contribution in [3.05, 3.63) is 0 Å². The van der Waals surface area contributed by atoms with E-state index in [4.69, 9.17) is 0 Å². The van der Waals surface area contributed by atoms with Crippen LogP contribution in [0.1, 0.15) is 19.3 Å². The zero-order valence-corrected chi connectivity index (χ0v) is 14.2. The van der Waals surface area contributed by atoms with E-state index < -0.39 is 0 Å². The molecule has 0 saturated carbocycles. The van der Waals surface area contributed by atoms with Crippen LogP contribution in [0, 0.1) is 0 Å². The summed E-state index contributed by atoms with van der Waals surface area (Å²) in [6, 6.07) is 0. The summed E-state index contributed by atoms with van der Waals surface area (Å²) in [4.78, 5) is 9.42. The highest BCUT2D eigenvalue weighted by molar-refractivity contribution is 4.59. The van der Waals surface area contributed by atoms with Crippen LogP contribution in [0.5, 0.6) is 0 Å². The van der Waals surface area contributed by atoms with Gasteiger partial charge in [0.25, 0.3) is 0 Å². The van der Waals surface area contributed by atoms with Crippen LogP contribution in [0.4, 0.5) is 0 Å². The zero-order valence-electron chi connectivity index (χ0n) is 14.2. The molecule has 0 rings (SSSR count). The minimum absolute atomic E-state index is 1.18. The summed E-state index contributed by atoms with van der Waals surface area (Å²) in [5.41, 5.74) is 0. The second-order valence-corrected chi connectivity index (χ2v) is 6.27. The van der Waals surface area contributed by atoms with Gasteiger partial charge in [0.05, 0.1) is 0 Å². The molecule has 0 amide bonds. The first-order valence-electron chi connectivity index (χ1n) is 7.58. The van der Waals surface area contributed by atoms with Crippen molar-refractivity contribution in [1.82, 2.24) is 19.6 Å². The van der Waals surface area contributed by atoms with E-state index >= 15 is 0 Å². The Kier molecular flexibility index (Phi) is 11.6. The van der Waals surface area contributed by atoms with Crippen molar-refractivity contribution in [1.29, 1.82) is 0 Å². The lowest BCUT2D eigenvalue weighted by atomic mass is 10.3. The van der Waals surface area contributed by atoms with Gasteiger partial charge in [-0.2, -0.15) is 0 Å². The van der Waals surface area contributed by atoms with Crippen LogP contribution < -0.4 is 0 Å². The first-order chi connectivity index (χ1) is 8.91. The van der Waals surface area contributed by atoms with Gasteiger partial charge in [0.1, 0.15) is 0 Å².